The van der Waals surface area contributed by atoms with Crippen molar-refractivity contribution >= 4 is 93.7 Å². The highest BCUT2D eigenvalue weighted by atomic mass is 15.1. The van der Waals surface area contributed by atoms with E-state index in [9.17, 15) is 5.26 Å². The largest absolute Gasteiger partial charge is 0.310 e. The van der Waals surface area contributed by atoms with Gasteiger partial charge in [-0.05, 0) is 111 Å². The summed E-state index contributed by atoms with van der Waals surface area (Å²) in [6.07, 6.45) is 0. The van der Waals surface area contributed by atoms with Crippen molar-refractivity contribution in [3.63, 3.8) is 0 Å². The number of hydrogen-bond donors (Lipinski definition) is 0. The van der Waals surface area contributed by atoms with Gasteiger partial charge in [0, 0.05) is 44.3 Å². The van der Waals surface area contributed by atoms with Gasteiger partial charge >= 0.3 is 0 Å². The summed E-state index contributed by atoms with van der Waals surface area (Å²) in [4.78, 5) is 8.56. The topological polar surface area (TPSA) is 34.6 Å². The number of para-hydroxylation sites is 4. The first-order valence-corrected chi connectivity index (χ1v) is 18.0. The van der Waals surface area contributed by atoms with E-state index in [1.165, 1.54) is 0 Å². The van der Waals surface area contributed by atoms with Crippen LogP contribution < -0.4 is 9.80 Å². The van der Waals surface area contributed by atoms with E-state index < -0.39 is 0 Å². The molecule has 0 spiro atoms. The highest BCUT2D eigenvalue weighted by Gasteiger charge is 2.26. The first-order chi connectivity index (χ1) is 26.7. The van der Waals surface area contributed by atoms with Gasteiger partial charge in [-0.2, -0.15) is 5.26 Å². The lowest BCUT2D eigenvalue weighted by molar-refractivity contribution is 1.30. The lowest BCUT2D eigenvalue weighted by Gasteiger charge is -2.31. The summed E-state index contributed by atoms with van der Waals surface area (Å²) in [6, 6.07) is 65.5. The summed E-state index contributed by atoms with van der Waals surface area (Å²) < 4.78 is 0. The molecule has 0 saturated heterocycles. The third-order valence-corrected chi connectivity index (χ3v) is 10.6. The van der Waals surface area contributed by atoms with E-state index >= 15 is 0 Å². The van der Waals surface area contributed by atoms with Gasteiger partial charge in [0.1, 0.15) is 0 Å². The lowest BCUT2D eigenvalue weighted by Crippen LogP contribution is -2.12. The van der Waals surface area contributed by atoms with E-state index in [2.05, 4.69) is 154 Å². The zero-order chi connectivity index (χ0) is 36.2. The molecule has 0 amide bonds. The third kappa shape index (κ3) is 4.76. The SMILES string of the molecule is [C-]#[N+]c1ccc2c(c1)c1ccc(N(c3ccccc3)c3ccccc3)c3c4ccc(C#N)cc4c4ccc(N(c5ccccc5)c5ccccc5)c2c4c13. The van der Waals surface area contributed by atoms with Gasteiger partial charge in [-0.25, -0.2) is 4.85 Å². The maximum atomic E-state index is 10.2. The first-order valence-electron chi connectivity index (χ1n) is 18.0. The van der Waals surface area contributed by atoms with Crippen molar-refractivity contribution in [1.82, 2.24) is 0 Å². The maximum Gasteiger partial charge on any atom is 0.187 e. The van der Waals surface area contributed by atoms with Crippen molar-refractivity contribution in [3.8, 4) is 6.07 Å². The van der Waals surface area contributed by atoms with E-state index in [4.69, 9.17) is 6.57 Å². The van der Waals surface area contributed by atoms with Gasteiger partial charge in [-0.1, -0.05) is 103 Å². The highest BCUT2D eigenvalue weighted by Crippen LogP contribution is 2.53. The molecule has 10 aromatic carbocycles. The van der Waals surface area contributed by atoms with Crippen molar-refractivity contribution in [2.24, 2.45) is 0 Å². The molecule has 0 radical (unpaired) electrons. The fourth-order valence-electron chi connectivity index (χ4n) is 8.33. The maximum absolute atomic E-state index is 10.2. The molecule has 0 heterocycles. The van der Waals surface area contributed by atoms with E-state index in [1.54, 1.807) is 0 Å². The van der Waals surface area contributed by atoms with Crippen LogP contribution in [0.1, 0.15) is 5.56 Å². The van der Waals surface area contributed by atoms with E-state index in [0.717, 1.165) is 88.0 Å². The van der Waals surface area contributed by atoms with E-state index in [0.29, 0.717) is 11.3 Å². The predicted octanol–water partition coefficient (Wildman–Crippen LogP) is 14.3. The zero-order valence-corrected chi connectivity index (χ0v) is 29.1. The fourth-order valence-corrected chi connectivity index (χ4v) is 8.33. The summed E-state index contributed by atoms with van der Waals surface area (Å²) in [7, 11) is 0. The van der Waals surface area contributed by atoms with Gasteiger partial charge in [0.2, 0.25) is 0 Å². The quantitative estimate of drug-likeness (QED) is 0.0992. The number of rotatable bonds is 6. The van der Waals surface area contributed by atoms with E-state index in [-0.39, 0.29) is 0 Å². The summed E-state index contributed by atoms with van der Waals surface area (Å²) in [5.74, 6) is 0. The van der Waals surface area contributed by atoms with Crippen LogP contribution in [0, 0.1) is 17.9 Å². The lowest BCUT2D eigenvalue weighted by atomic mass is 9.84. The van der Waals surface area contributed by atoms with Crippen LogP contribution >= 0.6 is 0 Å². The Bertz CT molecular complexity index is 2820. The summed E-state index contributed by atoms with van der Waals surface area (Å²) in [6.45, 7) is 8.01. The fraction of sp³-hybridized carbons (Fsp3) is 0. The van der Waals surface area contributed by atoms with Crippen LogP contribution in [0.25, 0.3) is 58.7 Å². The molecule has 250 valence electrons. The molecular formula is C50H30N4. The van der Waals surface area contributed by atoms with Gasteiger partial charge in [-0.15, -0.1) is 0 Å². The summed E-state index contributed by atoms with van der Waals surface area (Å²) in [5, 5.41) is 21.0. The zero-order valence-electron chi connectivity index (χ0n) is 29.1. The monoisotopic (exact) mass is 686 g/mol. The number of anilines is 6. The van der Waals surface area contributed by atoms with Crippen molar-refractivity contribution < 1.29 is 0 Å². The average molecular weight is 687 g/mol. The van der Waals surface area contributed by atoms with Gasteiger partial charge < -0.3 is 9.80 Å². The van der Waals surface area contributed by atoms with Crippen LogP contribution in [-0.2, 0) is 0 Å². The molecular weight excluding hydrogens is 657 g/mol. The summed E-state index contributed by atoms with van der Waals surface area (Å²) >= 11 is 0. The minimum Gasteiger partial charge on any atom is -0.310 e. The highest BCUT2D eigenvalue weighted by molar-refractivity contribution is 6.43. The van der Waals surface area contributed by atoms with Gasteiger partial charge in [-0.3, -0.25) is 0 Å². The van der Waals surface area contributed by atoms with Gasteiger partial charge in [0.25, 0.3) is 0 Å². The molecule has 10 aromatic rings. The molecule has 0 atom stereocenters. The van der Waals surface area contributed by atoms with Crippen molar-refractivity contribution in [1.29, 1.82) is 5.26 Å². The third-order valence-electron chi connectivity index (χ3n) is 10.6. The van der Waals surface area contributed by atoms with Crippen LogP contribution in [0.3, 0.4) is 0 Å². The Kier molecular flexibility index (Phi) is 7.22. The number of nitrogens with zero attached hydrogens (tertiary/aromatic N) is 4. The van der Waals surface area contributed by atoms with Crippen molar-refractivity contribution in [2.45, 2.75) is 0 Å². The van der Waals surface area contributed by atoms with Crippen LogP contribution in [0.15, 0.2) is 182 Å². The molecule has 0 unspecified atom stereocenters. The minimum atomic E-state index is 0.598. The number of nitriles is 1. The molecule has 0 aliphatic carbocycles. The number of hydrogen-bond acceptors (Lipinski definition) is 3. The van der Waals surface area contributed by atoms with Gasteiger partial charge in [0.05, 0.1) is 29.6 Å². The molecule has 4 heteroatoms. The standard InChI is InChI=1S/C50H30N4/c1-52-34-23-25-40-44(31-34)42-27-29-45(53(35-14-6-2-7-15-35)36-16-8-3-9-17-36)47-39-24-22-33(32-51)30-43(39)41-26-28-46(48(40)49(41)50(42)47)54(37-18-10-4-11-19-37)38-20-12-5-13-21-38/h2-31H. The second kappa shape index (κ2) is 12.5. The molecule has 0 N–H and O–H groups in total. The van der Waals surface area contributed by atoms with Crippen LogP contribution in [0.5, 0.6) is 0 Å². The Labute approximate surface area is 312 Å². The molecule has 0 aliphatic rings. The molecule has 0 fully saturated rings. The minimum absolute atomic E-state index is 0.598. The predicted molar refractivity (Wildman–Crippen MR) is 226 cm³/mol. The second-order valence-electron chi connectivity index (χ2n) is 13.5. The molecule has 0 aromatic heterocycles. The smallest absolute Gasteiger partial charge is 0.187 e. The Morgan fingerprint density at radius 1 is 0.389 bits per heavy atom. The summed E-state index contributed by atoms with van der Waals surface area (Å²) in [5.41, 5.74) is 7.45. The Morgan fingerprint density at radius 2 is 0.759 bits per heavy atom. The Hall–Kier alpha value is -7.66. The molecule has 0 bridgehead atoms. The second-order valence-corrected chi connectivity index (χ2v) is 13.5. The van der Waals surface area contributed by atoms with Gasteiger partial charge in [0.15, 0.2) is 5.69 Å². The van der Waals surface area contributed by atoms with E-state index in [1.807, 2.05) is 48.5 Å². The molecule has 0 saturated carbocycles. The number of fused-ring (bicyclic) bond motifs is 6. The van der Waals surface area contributed by atoms with Crippen molar-refractivity contribution in [3.05, 3.63) is 199 Å². The molecule has 54 heavy (non-hydrogen) atoms. The van der Waals surface area contributed by atoms with Crippen LogP contribution in [0.2, 0.25) is 0 Å². The Balaban J connectivity index is 1.46. The molecule has 10 rings (SSSR count). The molecule has 0 aliphatic heterocycles. The van der Waals surface area contributed by atoms with Crippen LogP contribution in [0.4, 0.5) is 39.8 Å². The van der Waals surface area contributed by atoms with Crippen molar-refractivity contribution in [2.75, 3.05) is 9.80 Å². The normalized spacial score (nSPS) is 11.3. The average Bonchev–Trinajstić information content (AvgIpc) is 3.25. The van der Waals surface area contributed by atoms with Crippen LogP contribution in [-0.4, -0.2) is 0 Å². The molecule has 4 nitrogen and oxygen atoms in total. The Morgan fingerprint density at radius 3 is 1.17 bits per heavy atom. The number of benzene rings is 10. The first kappa shape index (κ1) is 31.1.